The topological polar surface area (TPSA) is 6.48 Å². The summed E-state index contributed by atoms with van der Waals surface area (Å²) in [7, 11) is 0. The summed E-state index contributed by atoms with van der Waals surface area (Å²) in [6.45, 7) is 6.88. The fraction of sp³-hybridized carbons (Fsp3) is 0.814. The van der Waals surface area contributed by atoms with Crippen LogP contribution in [-0.2, 0) is 6.54 Å². The Labute approximate surface area is 283 Å². The first kappa shape index (κ1) is 39.7. The van der Waals surface area contributed by atoms with E-state index < -0.39 is 0 Å². The first-order chi connectivity index (χ1) is 22.3. The molecule has 1 heterocycles. The molecule has 1 atom stereocenters. The van der Waals surface area contributed by atoms with Crippen LogP contribution in [0, 0.1) is 0 Å². The molecule has 1 unspecified atom stereocenters. The van der Waals surface area contributed by atoms with Crippen LogP contribution in [0.25, 0.3) is 0 Å². The van der Waals surface area contributed by atoms with Crippen molar-refractivity contribution in [2.75, 3.05) is 6.54 Å². The molecule has 1 aliphatic rings. The monoisotopic (exact) mass is 623 g/mol. The van der Waals surface area contributed by atoms with Crippen LogP contribution in [0.1, 0.15) is 212 Å². The molecular weight excluding hydrogens is 544 g/mol. The SMILES string of the molecule is CCCCCCCCCCCCCCCCCCCC1N(CCCCCCCCCCCCCC)C=CN1Cc1ccccc1. The summed E-state index contributed by atoms with van der Waals surface area (Å²) in [6, 6.07) is 11.1. The maximum atomic E-state index is 2.67. The van der Waals surface area contributed by atoms with E-state index in [9.17, 15) is 0 Å². The molecule has 0 fully saturated rings. The number of hydrogen-bond acceptors (Lipinski definition) is 2. The van der Waals surface area contributed by atoms with Gasteiger partial charge >= 0.3 is 0 Å². The predicted octanol–water partition coefficient (Wildman–Crippen LogP) is 14.3. The van der Waals surface area contributed by atoms with Crippen LogP contribution in [0.3, 0.4) is 0 Å². The molecule has 2 heteroatoms. The van der Waals surface area contributed by atoms with Crippen molar-refractivity contribution in [2.24, 2.45) is 0 Å². The molecule has 0 bridgehead atoms. The highest BCUT2D eigenvalue weighted by Gasteiger charge is 2.25. The zero-order valence-corrected chi connectivity index (χ0v) is 30.6. The van der Waals surface area contributed by atoms with Crippen molar-refractivity contribution in [3.63, 3.8) is 0 Å². The van der Waals surface area contributed by atoms with Gasteiger partial charge in [-0.3, -0.25) is 0 Å². The van der Waals surface area contributed by atoms with Crippen LogP contribution in [0.2, 0.25) is 0 Å². The summed E-state index contributed by atoms with van der Waals surface area (Å²) in [4.78, 5) is 5.29. The quantitative estimate of drug-likeness (QED) is 0.0720. The molecule has 260 valence electrons. The fourth-order valence-corrected chi connectivity index (χ4v) is 7.26. The van der Waals surface area contributed by atoms with Gasteiger partial charge in [0.1, 0.15) is 6.17 Å². The molecule has 0 spiro atoms. The van der Waals surface area contributed by atoms with E-state index in [0.717, 1.165) is 6.54 Å². The number of hydrogen-bond donors (Lipinski definition) is 0. The van der Waals surface area contributed by atoms with Gasteiger partial charge in [0, 0.05) is 25.5 Å². The van der Waals surface area contributed by atoms with Crippen LogP contribution >= 0.6 is 0 Å². The fourth-order valence-electron chi connectivity index (χ4n) is 7.26. The number of benzene rings is 1. The average Bonchev–Trinajstić information content (AvgIpc) is 3.44. The summed E-state index contributed by atoms with van der Waals surface area (Å²) in [5, 5.41) is 0. The summed E-state index contributed by atoms with van der Waals surface area (Å²) in [6.07, 6.45) is 48.3. The smallest absolute Gasteiger partial charge is 0.101 e. The van der Waals surface area contributed by atoms with Crippen molar-refractivity contribution in [1.82, 2.24) is 9.80 Å². The molecule has 0 radical (unpaired) electrons. The van der Waals surface area contributed by atoms with Crippen LogP contribution in [0.15, 0.2) is 42.7 Å². The Morgan fingerprint density at radius 3 is 1.18 bits per heavy atom. The third-order valence-electron chi connectivity index (χ3n) is 10.3. The van der Waals surface area contributed by atoms with Crippen molar-refractivity contribution >= 4 is 0 Å². The molecule has 2 nitrogen and oxygen atoms in total. The Balaban J connectivity index is 1.51. The van der Waals surface area contributed by atoms with E-state index in [1.165, 1.54) is 205 Å². The molecule has 1 aromatic rings. The van der Waals surface area contributed by atoms with Crippen molar-refractivity contribution in [3.05, 3.63) is 48.3 Å². The summed E-state index contributed by atoms with van der Waals surface area (Å²) in [5.74, 6) is 0. The second-order valence-electron chi connectivity index (χ2n) is 14.5. The lowest BCUT2D eigenvalue weighted by atomic mass is 10.0. The van der Waals surface area contributed by atoms with Gasteiger partial charge in [0.15, 0.2) is 0 Å². The summed E-state index contributed by atoms with van der Waals surface area (Å²) in [5.41, 5.74) is 1.43. The zero-order chi connectivity index (χ0) is 31.9. The Kier molecular flexibility index (Phi) is 26.4. The molecule has 1 aliphatic heterocycles. The Hall–Kier alpha value is -1.44. The average molecular weight is 623 g/mol. The van der Waals surface area contributed by atoms with Crippen LogP contribution in [-0.4, -0.2) is 22.5 Å². The van der Waals surface area contributed by atoms with Gasteiger partial charge in [-0.1, -0.05) is 218 Å². The molecule has 0 saturated heterocycles. The second-order valence-corrected chi connectivity index (χ2v) is 14.5. The summed E-state index contributed by atoms with van der Waals surface area (Å²) < 4.78 is 0. The standard InChI is InChI=1S/C43H78N2/c1-3-5-7-9-11-13-15-17-18-19-20-21-22-24-26-28-33-37-43-44(39-40-45(43)41-42-35-31-30-32-36-42)38-34-29-27-25-23-16-14-12-10-8-6-4-2/h30-32,35-36,39-40,43H,3-29,33-34,37-38,41H2,1-2H3. The van der Waals surface area contributed by atoms with Gasteiger partial charge in [0.05, 0.1) is 0 Å². The molecule has 1 aromatic carbocycles. The Morgan fingerprint density at radius 1 is 0.400 bits per heavy atom. The predicted molar refractivity (Wildman–Crippen MR) is 201 cm³/mol. The summed E-state index contributed by atoms with van der Waals surface area (Å²) >= 11 is 0. The van der Waals surface area contributed by atoms with E-state index >= 15 is 0 Å². The normalized spacial score (nSPS) is 14.7. The third kappa shape index (κ3) is 21.9. The van der Waals surface area contributed by atoms with E-state index in [1.807, 2.05) is 0 Å². The van der Waals surface area contributed by atoms with Gasteiger partial charge in [-0.25, -0.2) is 0 Å². The maximum absolute atomic E-state index is 2.67. The Morgan fingerprint density at radius 2 is 0.756 bits per heavy atom. The minimum absolute atomic E-state index is 0.550. The molecule has 0 aromatic heterocycles. The van der Waals surface area contributed by atoms with Gasteiger partial charge in [0.2, 0.25) is 0 Å². The van der Waals surface area contributed by atoms with E-state index in [4.69, 9.17) is 0 Å². The van der Waals surface area contributed by atoms with Gasteiger partial charge in [-0.2, -0.15) is 0 Å². The van der Waals surface area contributed by atoms with Crippen molar-refractivity contribution in [2.45, 2.75) is 219 Å². The number of rotatable bonds is 33. The number of unbranched alkanes of at least 4 members (excludes halogenated alkanes) is 27. The van der Waals surface area contributed by atoms with E-state index in [1.54, 1.807) is 0 Å². The lowest BCUT2D eigenvalue weighted by Gasteiger charge is -2.33. The van der Waals surface area contributed by atoms with E-state index in [-0.39, 0.29) is 0 Å². The van der Waals surface area contributed by atoms with Crippen molar-refractivity contribution < 1.29 is 0 Å². The van der Waals surface area contributed by atoms with Crippen molar-refractivity contribution in [1.29, 1.82) is 0 Å². The molecule has 45 heavy (non-hydrogen) atoms. The van der Waals surface area contributed by atoms with Gasteiger partial charge in [-0.15, -0.1) is 0 Å². The van der Waals surface area contributed by atoms with E-state index in [0.29, 0.717) is 6.17 Å². The Bertz CT molecular complexity index is 758. The minimum Gasteiger partial charge on any atom is -0.356 e. The lowest BCUT2D eigenvalue weighted by Crippen LogP contribution is -2.38. The van der Waals surface area contributed by atoms with Crippen molar-refractivity contribution in [3.8, 4) is 0 Å². The highest BCUT2D eigenvalue weighted by molar-refractivity contribution is 5.16. The zero-order valence-electron chi connectivity index (χ0n) is 30.6. The van der Waals surface area contributed by atoms with E-state index in [2.05, 4.69) is 66.4 Å². The third-order valence-corrected chi connectivity index (χ3v) is 10.3. The molecule has 2 rings (SSSR count). The van der Waals surface area contributed by atoms with Crippen LogP contribution in [0.5, 0.6) is 0 Å². The molecule has 0 amide bonds. The minimum atomic E-state index is 0.550. The van der Waals surface area contributed by atoms with Gasteiger partial charge in [-0.05, 0) is 24.8 Å². The highest BCUT2D eigenvalue weighted by Crippen LogP contribution is 2.25. The molecule has 0 saturated carbocycles. The lowest BCUT2D eigenvalue weighted by molar-refractivity contribution is 0.132. The maximum Gasteiger partial charge on any atom is 0.101 e. The molecular formula is C43H78N2. The highest BCUT2D eigenvalue weighted by atomic mass is 15.4. The molecule has 0 aliphatic carbocycles. The largest absolute Gasteiger partial charge is 0.356 e. The second kappa shape index (κ2) is 29.9. The number of nitrogens with zero attached hydrogens (tertiary/aromatic N) is 2. The van der Waals surface area contributed by atoms with Gasteiger partial charge < -0.3 is 9.80 Å². The first-order valence-corrected chi connectivity index (χ1v) is 20.6. The molecule has 0 N–H and O–H groups in total. The van der Waals surface area contributed by atoms with Crippen LogP contribution < -0.4 is 0 Å². The van der Waals surface area contributed by atoms with Crippen LogP contribution in [0.4, 0.5) is 0 Å². The first-order valence-electron chi connectivity index (χ1n) is 20.6. The van der Waals surface area contributed by atoms with Gasteiger partial charge in [0.25, 0.3) is 0 Å².